The number of ether oxygens (including phenoxy) is 1. The third-order valence-corrected chi connectivity index (χ3v) is 4.71. The fourth-order valence-corrected chi connectivity index (χ4v) is 3.06. The van der Waals surface area contributed by atoms with Gasteiger partial charge >= 0.3 is 0 Å². The second kappa shape index (κ2) is 7.27. The molecule has 1 aliphatic rings. The number of hydrogen-bond acceptors (Lipinski definition) is 3. The Bertz CT molecular complexity index is 505. The van der Waals surface area contributed by atoms with E-state index in [0.717, 1.165) is 30.5 Å². The van der Waals surface area contributed by atoms with Crippen molar-refractivity contribution in [2.45, 2.75) is 26.3 Å². The quantitative estimate of drug-likeness (QED) is 0.883. The van der Waals surface area contributed by atoms with E-state index in [9.17, 15) is 4.79 Å². The van der Waals surface area contributed by atoms with Crippen LogP contribution in [0.15, 0.2) is 22.7 Å². The number of benzene rings is 1. The van der Waals surface area contributed by atoms with E-state index in [2.05, 4.69) is 40.0 Å². The van der Waals surface area contributed by atoms with Crippen molar-refractivity contribution in [2.24, 2.45) is 5.92 Å². The molecule has 1 aromatic carbocycles. The summed E-state index contributed by atoms with van der Waals surface area (Å²) in [6.45, 7) is 7.35. The lowest BCUT2D eigenvalue weighted by Gasteiger charge is -2.20. The van der Waals surface area contributed by atoms with Crippen LogP contribution in [0.25, 0.3) is 0 Å². The number of halogens is 1. The van der Waals surface area contributed by atoms with Crippen LogP contribution in [0.4, 0.5) is 0 Å². The van der Waals surface area contributed by atoms with E-state index in [4.69, 9.17) is 4.74 Å². The standard InChI is InChI=1S/C16H23BrN2O2/c1-11(2)19-7-6-12(10-19)9-18-16(20)14-8-13(21-3)4-5-15(14)17/h4-5,8,11-12H,6-7,9-10H2,1-3H3,(H,18,20). The van der Waals surface area contributed by atoms with Crippen LogP contribution in [0.1, 0.15) is 30.6 Å². The van der Waals surface area contributed by atoms with E-state index in [1.54, 1.807) is 13.2 Å². The van der Waals surface area contributed by atoms with Gasteiger partial charge in [0.2, 0.25) is 0 Å². The zero-order valence-corrected chi connectivity index (χ0v) is 14.4. The van der Waals surface area contributed by atoms with Gasteiger partial charge in [-0.05, 0) is 66.9 Å². The topological polar surface area (TPSA) is 41.6 Å². The van der Waals surface area contributed by atoms with Crippen molar-refractivity contribution < 1.29 is 9.53 Å². The van der Waals surface area contributed by atoms with Crippen molar-refractivity contribution in [1.82, 2.24) is 10.2 Å². The molecule has 0 bridgehead atoms. The van der Waals surface area contributed by atoms with Gasteiger partial charge in [0.15, 0.2) is 0 Å². The average Bonchev–Trinajstić information content (AvgIpc) is 2.94. The van der Waals surface area contributed by atoms with Gasteiger partial charge in [0.1, 0.15) is 5.75 Å². The Kier molecular flexibility index (Phi) is 5.65. The molecule has 0 saturated carbocycles. The minimum absolute atomic E-state index is 0.0521. The SMILES string of the molecule is COc1ccc(Br)c(C(=O)NCC2CCN(C(C)C)C2)c1. The maximum atomic E-state index is 12.3. The van der Waals surface area contributed by atoms with Crippen LogP contribution in [0.3, 0.4) is 0 Å². The van der Waals surface area contributed by atoms with E-state index in [-0.39, 0.29) is 5.91 Å². The number of nitrogens with zero attached hydrogens (tertiary/aromatic N) is 1. The molecular formula is C16H23BrN2O2. The summed E-state index contributed by atoms with van der Waals surface area (Å²) in [5.74, 6) is 1.18. The molecule has 1 atom stereocenters. The minimum atomic E-state index is -0.0521. The fraction of sp³-hybridized carbons (Fsp3) is 0.562. The Balaban J connectivity index is 1.91. The van der Waals surface area contributed by atoms with Crippen LogP contribution in [-0.2, 0) is 0 Å². The van der Waals surface area contributed by atoms with Crippen molar-refractivity contribution in [3.05, 3.63) is 28.2 Å². The van der Waals surface area contributed by atoms with Crippen LogP contribution in [-0.4, -0.2) is 43.6 Å². The molecule has 5 heteroatoms. The third kappa shape index (κ3) is 4.20. The first kappa shape index (κ1) is 16.3. The van der Waals surface area contributed by atoms with Gasteiger partial charge in [-0.15, -0.1) is 0 Å². The summed E-state index contributed by atoms with van der Waals surface area (Å²) in [5.41, 5.74) is 0.619. The van der Waals surface area contributed by atoms with Crippen molar-refractivity contribution in [2.75, 3.05) is 26.7 Å². The highest BCUT2D eigenvalue weighted by Crippen LogP contribution is 2.23. The predicted molar refractivity (Wildman–Crippen MR) is 87.8 cm³/mol. The Hall–Kier alpha value is -1.07. The van der Waals surface area contributed by atoms with E-state index in [1.807, 2.05) is 12.1 Å². The molecule has 0 spiro atoms. The van der Waals surface area contributed by atoms with E-state index in [1.165, 1.54) is 0 Å². The van der Waals surface area contributed by atoms with Gasteiger partial charge in [0, 0.05) is 23.6 Å². The van der Waals surface area contributed by atoms with Gasteiger partial charge in [-0.1, -0.05) is 0 Å². The van der Waals surface area contributed by atoms with Gasteiger partial charge in [0.25, 0.3) is 5.91 Å². The number of carbonyl (C=O) groups is 1. The van der Waals surface area contributed by atoms with Gasteiger partial charge < -0.3 is 15.0 Å². The third-order valence-electron chi connectivity index (χ3n) is 4.02. The van der Waals surface area contributed by atoms with Crippen LogP contribution in [0, 0.1) is 5.92 Å². The van der Waals surface area contributed by atoms with E-state index >= 15 is 0 Å². The predicted octanol–water partition coefficient (Wildman–Crippen LogP) is 2.92. The highest BCUT2D eigenvalue weighted by molar-refractivity contribution is 9.10. The molecule has 1 heterocycles. The van der Waals surface area contributed by atoms with Gasteiger partial charge in [0.05, 0.1) is 12.7 Å². The Morgan fingerprint density at radius 1 is 1.52 bits per heavy atom. The zero-order valence-electron chi connectivity index (χ0n) is 12.9. The lowest BCUT2D eigenvalue weighted by molar-refractivity contribution is 0.0946. The maximum absolute atomic E-state index is 12.3. The molecule has 1 aliphatic heterocycles. The van der Waals surface area contributed by atoms with E-state index < -0.39 is 0 Å². The highest BCUT2D eigenvalue weighted by atomic mass is 79.9. The first-order valence-electron chi connectivity index (χ1n) is 7.37. The number of methoxy groups -OCH3 is 1. The molecule has 1 amide bonds. The molecule has 2 rings (SSSR count). The summed E-state index contributed by atoms with van der Waals surface area (Å²) in [5, 5.41) is 3.04. The molecule has 0 aromatic heterocycles. The number of amides is 1. The largest absolute Gasteiger partial charge is 0.497 e. The number of rotatable bonds is 5. The normalized spacial score (nSPS) is 19.0. The minimum Gasteiger partial charge on any atom is -0.497 e. The number of nitrogens with one attached hydrogen (secondary N) is 1. The van der Waals surface area contributed by atoms with Gasteiger partial charge in [-0.2, -0.15) is 0 Å². The fourth-order valence-electron chi connectivity index (χ4n) is 2.64. The molecule has 0 radical (unpaired) electrons. The Morgan fingerprint density at radius 2 is 2.29 bits per heavy atom. The molecular weight excluding hydrogens is 332 g/mol. The molecule has 4 nitrogen and oxygen atoms in total. The average molecular weight is 355 g/mol. The second-order valence-electron chi connectivity index (χ2n) is 5.80. The number of hydrogen-bond donors (Lipinski definition) is 1. The molecule has 116 valence electrons. The zero-order chi connectivity index (χ0) is 15.4. The molecule has 1 unspecified atom stereocenters. The number of carbonyl (C=O) groups excluding carboxylic acids is 1. The summed E-state index contributed by atoms with van der Waals surface area (Å²) in [4.78, 5) is 14.8. The lowest BCUT2D eigenvalue weighted by Crippen LogP contribution is -2.33. The summed E-state index contributed by atoms with van der Waals surface area (Å²) >= 11 is 3.42. The second-order valence-corrected chi connectivity index (χ2v) is 6.65. The van der Waals surface area contributed by atoms with Crippen molar-refractivity contribution in [3.8, 4) is 5.75 Å². The molecule has 0 aliphatic carbocycles. The Labute approximate surface area is 135 Å². The molecule has 1 fully saturated rings. The van der Waals surface area contributed by atoms with Crippen molar-refractivity contribution >= 4 is 21.8 Å². The Morgan fingerprint density at radius 3 is 2.90 bits per heavy atom. The summed E-state index contributed by atoms with van der Waals surface area (Å²) in [6.07, 6.45) is 1.15. The molecule has 1 N–H and O–H groups in total. The molecule has 1 aromatic rings. The smallest absolute Gasteiger partial charge is 0.252 e. The number of likely N-dealkylation sites (tertiary alicyclic amines) is 1. The van der Waals surface area contributed by atoms with Crippen LogP contribution in [0.5, 0.6) is 5.75 Å². The summed E-state index contributed by atoms with van der Waals surface area (Å²) in [6, 6.07) is 6.01. The van der Waals surface area contributed by atoms with Gasteiger partial charge in [-0.25, -0.2) is 0 Å². The monoisotopic (exact) mass is 354 g/mol. The molecule has 1 saturated heterocycles. The summed E-state index contributed by atoms with van der Waals surface area (Å²) < 4.78 is 5.96. The van der Waals surface area contributed by atoms with Gasteiger partial charge in [-0.3, -0.25) is 4.79 Å². The molecule has 21 heavy (non-hydrogen) atoms. The maximum Gasteiger partial charge on any atom is 0.252 e. The van der Waals surface area contributed by atoms with Crippen LogP contribution >= 0.6 is 15.9 Å². The lowest BCUT2D eigenvalue weighted by atomic mass is 10.1. The summed E-state index contributed by atoms with van der Waals surface area (Å²) in [7, 11) is 1.60. The van der Waals surface area contributed by atoms with E-state index in [0.29, 0.717) is 23.3 Å². The highest BCUT2D eigenvalue weighted by Gasteiger charge is 2.24. The first-order chi connectivity index (χ1) is 10.0. The van der Waals surface area contributed by atoms with Crippen molar-refractivity contribution in [3.63, 3.8) is 0 Å². The van der Waals surface area contributed by atoms with Crippen LogP contribution < -0.4 is 10.1 Å². The van der Waals surface area contributed by atoms with Crippen molar-refractivity contribution in [1.29, 1.82) is 0 Å². The first-order valence-corrected chi connectivity index (χ1v) is 8.16. The van der Waals surface area contributed by atoms with Crippen LogP contribution in [0.2, 0.25) is 0 Å².